The van der Waals surface area contributed by atoms with Gasteiger partial charge < -0.3 is 10.2 Å². The zero-order valence-electron chi connectivity index (χ0n) is 14.1. The van der Waals surface area contributed by atoms with Crippen LogP contribution >= 0.6 is 0 Å². The first-order valence-corrected chi connectivity index (χ1v) is 7.77. The average molecular weight is 328 g/mol. The second kappa shape index (κ2) is 7.73. The van der Waals surface area contributed by atoms with Crippen molar-refractivity contribution in [3.05, 3.63) is 65.0 Å². The minimum atomic E-state index is -0.562. The van der Waals surface area contributed by atoms with Gasteiger partial charge in [0.1, 0.15) is 5.82 Å². The Kier molecular flexibility index (Phi) is 5.68. The number of anilines is 1. The van der Waals surface area contributed by atoms with E-state index in [-0.39, 0.29) is 18.0 Å². The number of halogens is 1. The van der Waals surface area contributed by atoms with E-state index in [1.807, 2.05) is 32.0 Å². The molecule has 2 aromatic rings. The molecule has 0 fully saturated rings. The molecule has 0 heterocycles. The summed E-state index contributed by atoms with van der Waals surface area (Å²) in [4.78, 5) is 25.5. The Morgan fingerprint density at radius 3 is 2.29 bits per heavy atom. The van der Waals surface area contributed by atoms with E-state index in [9.17, 15) is 14.0 Å². The fourth-order valence-corrected chi connectivity index (χ4v) is 2.60. The van der Waals surface area contributed by atoms with Crippen LogP contribution < -0.4 is 10.2 Å². The molecule has 0 unspecified atom stereocenters. The summed E-state index contributed by atoms with van der Waals surface area (Å²) in [5.41, 5.74) is 2.91. The van der Waals surface area contributed by atoms with Gasteiger partial charge in [0.2, 0.25) is 5.91 Å². The van der Waals surface area contributed by atoms with Crippen molar-refractivity contribution < 1.29 is 14.0 Å². The summed E-state index contributed by atoms with van der Waals surface area (Å²) in [5, 5.41) is 2.65. The minimum Gasteiger partial charge on any atom is -0.350 e. The van der Waals surface area contributed by atoms with E-state index in [4.69, 9.17) is 0 Å². The summed E-state index contributed by atoms with van der Waals surface area (Å²) in [6.45, 7) is 5.97. The predicted molar refractivity (Wildman–Crippen MR) is 92.7 cm³/mol. The van der Waals surface area contributed by atoms with E-state index in [0.717, 1.165) is 16.8 Å². The first-order valence-electron chi connectivity index (χ1n) is 7.77. The number of benzene rings is 2. The Hall–Kier alpha value is -2.69. The number of nitrogens with zero attached hydrogens (tertiary/aromatic N) is 1. The van der Waals surface area contributed by atoms with Crippen molar-refractivity contribution >= 4 is 17.5 Å². The number of carbonyl (C=O) groups is 2. The third kappa shape index (κ3) is 4.41. The summed E-state index contributed by atoms with van der Waals surface area (Å²) in [6, 6.07) is 11.7. The highest BCUT2D eigenvalue weighted by Gasteiger charge is 2.14. The lowest BCUT2D eigenvalue weighted by atomic mass is 10.1. The van der Waals surface area contributed by atoms with Gasteiger partial charge in [-0.1, -0.05) is 18.2 Å². The summed E-state index contributed by atoms with van der Waals surface area (Å²) in [6.07, 6.45) is 0. The van der Waals surface area contributed by atoms with Crippen LogP contribution in [0, 0.1) is 19.7 Å². The number of hydrogen-bond acceptors (Lipinski definition) is 2. The molecular formula is C19H21FN2O2. The molecule has 24 heavy (non-hydrogen) atoms. The molecule has 0 atom stereocenters. The lowest BCUT2D eigenvalue weighted by Gasteiger charge is -2.22. The average Bonchev–Trinajstić information content (AvgIpc) is 2.50. The van der Waals surface area contributed by atoms with Crippen molar-refractivity contribution in [2.45, 2.75) is 20.8 Å². The third-order valence-electron chi connectivity index (χ3n) is 3.64. The van der Waals surface area contributed by atoms with Crippen molar-refractivity contribution in [1.82, 2.24) is 5.32 Å². The summed E-state index contributed by atoms with van der Waals surface area (Å²) >= 11 is 0. The number of carbonyl (C=O) groups excluding carboxylic acids is 2. The fourth-order valence-electron chi connectivity index (χ4n) is 2.60. The molecule has 0 aliphatic rings. The maximum atomic E-state index is 13.6. The second-order valence-corrected chi connectivity index (χ2v) is 5.75. The quantitative estimate of drug-likeness (QED) is 0.916. The highest BCUT2D eigenvalue weighted by molar-refractivity contribution is 5.95. The monoisotopic (exact) mass is 328 g/mol. The van der Waals surface area contributed by atoms with Crippen LogP contribution in [-0.4, -0.2) is 24.9 Å². The van der Waals surface area contributed by atoms with Gasteiger partial charge in [-0.25, -0.2) is 4.39 Å². The molecule has 4 nitrogen and oxygen atoms in total. The van der Waals surface area contributed by atoms with E-state index >= 15 is 0 Å². The van der Waals surface area contributed by atoms with E-state index in [1.165, 1.54) is 25.1 Å². The van der Waals surface area contributed by atoms with E-state index in [1.54, 1.807) is 11.0 Å². The zero-order valence-corrected chi connectivity index (χ0v) is 14.1. The van der Waals surface area contributed by atoms with Gasteiger partial charge in [-0.3, -0.25) is 9.59 Å². The molecular weight excluding hydrogens is 307 g/mol. The number of rotatable bonds is 5. The minimum absolute atomic E-state index is 0.00160. The van der Waals surface area contributed by atoms with Crippen LogP contribution in [-0.2, 0) is 4.79 Å². The Bertz CT molecular complexity index is 739. The molecule has 1 N–H and O–H groups in total. The van der Waals surface area contributed by atoms with Gasteiger partial charge in [-0.2, -0.15) is 0 Å². The maximum Gasteiger partial charge on any atom is 0.254 e. The molecule has 0 saturated heterocycles. The van der Waals surface area contributed by atoms with Gasteiger partial charge >= 0.3 is 0 Å². The molecule has 5 heteroatoms. The van der Waals surface area contributed by atoms with Crippen molar-refractivity contribution in [2.75, 3.05) is 18.0 Å². The van der Waals surface area contributed by atoms with Crippen LogP contribution in [0.1, 0.15) is 28.4 Å². The standard InChI is InChI=1S/C19H21FN2O2/c1-13-10-14(2)12-16(11-13)22(15(3)23)9-8-21-19(24)17-6-4-5-7-18(17)20/h4-7,10-12H,8-9H2,1-3H3,(H,21,24). The first-order chi connectivity index (χ1) is 11.4. The number of amides is 2. The highest BCUT2D eigenvalue weighted by atomic mass is 19.1. The fraction of sp³-hybridized carbons (Fsp3) is 0.263. The zero-order chi connectivity index (χ0) is 17.7. The maximum absolute atomic E-state index is 13.6. The first kappa shape index (κ1) is 17.7. The molecule has 0 spiro atoms. The van der Waals surface area contributed by atoms with Gasteiger partial charge in [0, 0.05) is 25.7 Å². The summed E-state index contributed by atoms with van der Waals surface area (Å²) in [7, 11) is 0. The second-order valence-electron chi connectivity index (χ2n) is 5.75. The van der Waals surface area contributed by atoms with Gasteiger partial charge in [-0.05, 0) is 49.2 Å². The molecule has 0 bridgehead atoms. The van der Waals surface area contributed by atoms with Gasteiger partial charge in [0.05, 0.1) is 5.56 Å². The van der Waals surface area contributed by atoms with Crippen LogP contribution in [0.4, 0.5) is 10.1 Å². The number of aryl methyl sites for hydroxylation is 2. The molecule has 2 amide bonds. The molecule has 2 aromatic carbocycles. The topological polar surface area (TPSA) is 49.4 Å². The summed E-state index contributed by atoms with van der Waals surface area (Å²) < 4.78 is 13.6. The normalized spacial score (nSPS) is 10.3. The molecule has 0 aromatic heterocycles. The van der Waals surface area contributed by atoms with Crippen molar-refractivity contribution in [3.63, 3.8) is 0 Å². The van der Waals surface area contributed by atoms with E-state index in [0.29, 0.717) is 6.54 Å². The van der Waals surface area contributed by atoms with E-state index < -0.39 is 11.7 Å². The molecule has 0 aliphatic carbocycles. The van der Waals surface area contributed by atoms with Crippen LogP contribution in [0.2, 0.25) is 0 Å². The van der Waals surface area contributed by atoms with Crippen LogP contribution in [0.15, 0.2) is 42.5 Å². The number of hydrogen-bond donors (Lipinski definition) is 1. The molecule has 0 aliphatic heterocycles. The Morgan fingerprint density at radius 2 is 1.71 bits per heavy atom. The lowest BCUT2D eigenvalue weighted by Crippen LogP contribution is -2.37. The van der Waals surface area contributed by atoms with Crippen molar-refractivity contribution in [3.8, 4) is 0 Å². The predicted octanol–water partition coefficient (Wildman–Crippen LogP) is 3.23. The van der Waals surface area contributed by atoms with Gasteiger partial charge in [0.25, 0.3) is 5.91 Å². The molecule has 0 radical (unpaired) electrons. The van der Waals surface area contributed by atoms with Crippen LogP contribution in [0.5, 0.6) is 0 Å². The van der Waals surface area contributed by atoms with Gasteiger partial charge in [-0.15, -0.1) is 0 Å². The van der Waals surface area contributed by atoms with Crippen LogP contribution in [0.25, 0.3) is 0 Å². The molecule has 0 saturated carbocycles. The SMILES string of the molecule is CC(=O)N(CCNC(=O)c1ccccc1F)c1cc(C)cc(C)c1. The van der Waals surface area contributed by atoms with E-state index in [2.05, 4.69) is 5.32 Å². The van der Waals surface area contributed by atoms with Crippen molar-refractivity contribution in [2.24, 2.45) is 0 Å². The summed E-state index contributed by atoms with van der Waals surface area (Å²) in [5.74, 6) is -1.16. The lowest BCUT2D eigenvalue weighted by molar-refractivity contribution is -0.116. The third-order valence-corrected chi connectivity index (χ3v) is 3.64. The highest BCUT2D eigenvalue weighted by Crippen LogP contribution is 2.18. The Morgan fingerprint density at radius 1 is 1.08 bits per heavy atom. The number of nitrogens with one attached hydrogen (secondary N) is 1. The van der Waals surface area contributed by atoms with Gasteiger partial charge in [0.15, 0.2) is 0 Å². The smallest absolute Gasteiger partial charge is 0.254 e. The van der Waals surface area contributed by atoms with Crippen molar-refractivity contribution in [1.29, 1.82) is 0 Å². The largest absolute Gasteiger partial charge is 0.350 e. The molecule has 126 valence electrons. The molecule has 2 rings (SSSR count). The Labute approximate surface area is 141 Å². The Balaban J connectivity index is 2.03. The van der Waals surface area contributed by atoms with Crippen LogP contribution in [0.3, 0.4) is 0 Å².